The molecule has 7 heteroatoms. The van der Waals surface area contributed by atoms with Crippen LogP contribution >= 0.6 is 0 Å². The third-order valence-corrected chi connectivity index (χ3v) is 4.82. The number of nitrogens with zero attached hydrogens (tertiary/aromatic N) is 3. The van der Waals surface area contributed by atoms with E-state index in [1.54, 1.807) is 49.6 Å². The van der Waals surface area contributed by atoms with E-state index in [0.717, 1.165) is 0 Å². The fourth-order valence-electron chi connectivity index (χ4n) is 2.10. The van der Waals surface area contributed by atoms with Crippen LogP contribution in [0.1, 0.15) is 16.8 Å². The van der Waals surface area contributed by atoms with Gasteiger partial charge in [-0.2, -0.15) is 5.26 Å². The Morgan fingerprint density at radius 2 is 1.92 bits per heavy atom. The summed E-state index contributed by atoms with van der Waals surface area (Å²) in [5.41, 5.74) is 1.70. The van der Waals surface area contributed by atoms with Gasteiger partial charge in [0.2, 0.25) is 5.91 Å². The fourth-order valence-corrected chi connectivity index (χ4v) is 3.50. The number of nitriles is 1. The average molecular weight is 343 g/mol. The van der Waals surface area contributed by atoms with Gasteiger partial charge in [-0.3, -0.25) is 9.78 Å². The second-order valence-electron chi connectivity index (χ2n) is 5.41. The van der Waals surface area contributed by atoms with Gasteiger partial charge in [0.15, 0.2) is 9.84 Å². The van der Waals surface area contributed by atoms with Crippen LogP contribution in [0.5, 0.6) is 0 Å². The summed E-state index contributed by atoms with van der Waals surface area (Å²) in [6.45, 7) is 0.256. The van der Waals surface area contributed by atoms with Crippen molar-refractivity contribution in [3.63, 3.8) is 0 Å². The zero-order chi connectivity index (χ0) is 17.6. The van der Waals surface area contributed by atoms with Gasteiger partial charge >= 0.3 is 0 Å². The van der Waals surface area contributed by atoms with Crippen molar-refractivity contribution in [1.82, 2.24) is 9.88 Å². The predicted octanol–water partition coefficient (Wildman–Crippen LogP) is 1.53. The largest absolute Gasteiger partial charge is 0.339 e. The maximum Gasteiger partial charge on any atom is 0.237 e. The lowest BCUT2D eigenvalue weighted by atomic mass is 10.2. The summed E-state index contributed by atoms with van der Waals surface area (Å²) in [6, 6.07) is 13.6. The highest BCUT2D eigenvalue weighted by atomic mass is 32.2. The van der Waals surface area contributed by atoms with Crippen molar-refractivity contribution in [1.29, 1.82) is 5.26 Å². The van der Waals surface area contributed by atoms with E-state index in [-0.39, 0.29) is 12.3 Å². The van der Waals surface area contributed by atoms with E-state index in [1.807, 2.05) is 12.1 Å². The number of hydrogen-bond donors (Lipinski definition) is 0. The van der Waals surface area contributed by atoms with Gasteiger partial charge in [-0.1, -0.05) is 18.2 Å². The Morgan fingerprint density at radius 3 is 2.50 bits per heavy atom. The summed E-state index contributed by atoms with van der Waals surface area (Å²) in [7, 11) is -2.04. The zero-order valence-electron chi connectivity index (χ0n) is 13.2. The molecule has 0 atom stereocenters. The Hall–Kier alpha value is -2.72. The summed E-state index contributed by atoms with van der Waals surface area (Å²) in [4.78, 5) is 17.6. The summed E-state index contributed by atoms with van der Waals surface area (Å²) in [5, 5.41) is 8.74. The number of aromatic nitrogens is 1. The van der Waals surface area contributed by atoms with E-state index < -0.39 is 21.5 Å². The van der Waals surface area contributed by atoms with E-state index in [0.29, 0.717) is 16.8 Å². The Morgan fingerprint density at radius 1 is 1.21 bits per heavy atom. The Balaban J connectivity index is 1.97. The van der Waals surface area contributed by atoms with Crippen LogP contribution in [0.2, 0.25) is 0 Å². The van der Waals surface area contributed by atoms with Gasteiger partial charge in [-0.25, -0.2) is 8.42 Å². The van der Waals surface area contributed by atoms with Gasteiger partial charge in [-0.15, -0.1) is 0 Å². The summed E-state index contributed by atoms with van der Waals surface area (Å²) in [6.07, 6.45) is 1.62. The molecule has 6 nitrogen and oxygen atoms in total. The molecule has 24 heavy (non-hydrogen) atoms. The molecule has 0 saturated carbocycles. The highest BCUT2D eigenvalue weighted by molar-refractivity contribution is 7.91. The lowest BCUT2D eigenvalue weighted by Gasteiger charge is -2.16. The van der Waals surface area contributed by atoms with Crippen molar-refractivity contribution >= 4 is 15.7 Å². The zero-order valence-corrected chi connectivity index (χ0v) is 14.0. The highest BCUT2D eigenvalue weighted by Crippen LogP contribution is 2.10. The number of pyridine rings is 1. The van der Waals surface area contributed by atoms with E-state index in [1.165, 1.54) is 4.90 Å². The average Bonchev–Trinajstić information content (AvgIpc) is 2.55. The van der Waals surface area contributed by atoms with Crippen LogP contribution in [0.3, 0.4) is 0 Å². The first-order chi connectivity index (χ1) is 11.4. The van der Waals surface area contributed by atoms with Gasteiger partial charge in [0.05, 0.1) is 29.6 Å². The number of benzene rings is 1. The first-order valence-corrected chi connectivity index (χ1v) is 9.05. The van der Waals surface area contributed by atoms with Gasteiger partial charge < -0.3 is 4.90 Å². The van der Waals surface area contributed by atoms with E-state index >= 15 is 0 Å². The molecule has 0 aliphatic heterocycles. The predicted molar refractivity (Wildman–Crippen MR) is 89.4 cm³/mol. The first-order valence-electron chi connectivity index (χ1n) is 7.23. The van der Waals surface area contributed by atoms with Crippen LogP contribution in [0.15, 0.2) is 48.7 Å². The van der Waals surface area contributed by atoms with Crippen LogP contribution in [-0.4, -0.2) is 37.0 Å². The number of amides is 1. The molecule has 124 valence electrons. The van der Waals surface area contributed by atoms with Crippen molar-refractivity contribution < 1.29 is 13.2 Å². The van der Waals surface area contributed by atoms with Crippen LogP contribution in [-0.2, 0) is 26.9 Å². The highest BCUT2D eigenvalue weighted by Gasteiger charge is 2.20. The second kappa shape index (κ2) is 7.70. The summed E-state index contributed by atoms with van der Waals surface area (Å²) < 4.78 is 24.4. The molecular weight excluding hydrogens is 326 g/mol. The fraction of sp³-hybridized carbons (Fsp3) is 0.235. The van der Waals surface area contributed by atoms with Gasteiger partial charge in [0, 0.05) is 13.2 Å². The van der Waals surface area contributed by atoms with Crippen LogP contribution in [0.4, 0.5) is 0 Å². The smallest absolute Gasteiger partial charge is 0.237 e. The minimum atomic E-state index is -3.59. The van der Waals surface area contributed by atoms with Gasteiger partial charge in [-0.05, 0) is 29.8 Å². The topological polar surface area (TPSA) is 91.1 Å². The van der Waals surface area contributed by atoms with Crippen LogP contribution < -0.4 is 0 Å². The van der Waals surface area contributed by atoms with E-state index in [9.17, 15) is 13.2 Å². The molecule has 1 amide bonds. The lowest BCUT2D eigenvalue weighted by molar-refractivity contribution is -0.127. The molecule has 2 rings (SSSR count). The minimum absolute atomic E-state index is 0.234. The Kier molecular flexibility index (Phi) is 5.66. The molecule has 0 aliphatic rings. The minimum Gasteiger partial charge on any atom is -0.339 e. The molecule has 0 saturated heterocycles. The van der Waals surface area contributed by atoms with Crippen molar-refractivity contribution in [2.45, 2.75) is 12.3 Å². The quantitative estimate of drug-likeness (QED) is 0.793. The SMILES string of the molecule is CN(Cc1ccccn1)C(=O)CS(=O)(=O)Cc1ccc(C#N)cc1. The van der Waals surface area contributed by atoms with Crippen molar-refractivity contribution in [2.24, 2.45) is 0 Å². The number of carbonyl (C=O) groups excluding carboxylic acids is 1. The third-order valence-electron chi connectivity index (χ3n) is 3.36. The summed E-state index contributed by atoms with van der Waals surface area (Å²) >= 11 is 0. The molecule has 0 N–H and O–H groups in total. The van der Waals surface area contributed by atoms with E-state index in [2.05, 4.69) is 4.98 Å². The first kappa shape index (κ1) is 17.6. The van der Waals surface area contributed by atoms with Gasteiger partial charge in [0.1, 0.15) is 5.75 Å². The third kappa shape index (κ3) is 5.18. The number of rotatable bonds is 6. The monoisotopic (exact) mass is 343 g/mol. The van der Waals surface area contributed by atoms with Crippen molar-refractivity contribution in [2.75, 3.05) is 12.8 Å². The number of carbonyl (C=O) groups is 1. The standard InChI is InChI=1S/C17H17N3O3S/c1-20(11-16-4-2-3-9-19-16)17(21)13-24(22,23)12-15-7-5-14(10-18)6-8-15/h2-9H,11-13H2,1H3. The van der Waals surface area contributed by atoms with E-state index in [4.69, 9.17) is 5.26 Å². The molecule has 0 bridgehead atoms. The molecule has 1 aromatic heterocycles. The molecule has 0 fully saturated rings. The van der Waals surface area contributed by atoms with Crippen molar-refractivity contribution in [3.8, 4) is 6.07 Å². The molecule has 2 aromatic rings. The number of hydrogen-bond acceptors (Lipinski definition) is 5. The van der Waals surface area contributed by atoms with Crippen LogP contribution in [0, 0.1) is 11.3 Å². The van der Waals surface area contributed by atoms with Gasteiger partial charge in [0.25, 0.3) is 0 Å². The van der Waals surface area contributed by atoms with Crippen LogP contribution in [0.25, 0.3) is 0 Å². The normalized spacial score (nSPS) is 10.8. The second-order valence-corrected chi connectivity index (χ2v) is 7.48. The number of sulfone groups is 1. The molecule has 0 aliphatic carbocycles. The Bertz CT molecular complexity index is 841. The van der Waals surface area contributed by atoms with Crippen molar-refractivity contribution in [3.05, 3.63) is 65.5 Å². The Labute approximate surface area is 141 Å². The molecule has 0 unspecified atom stereocenters. The summed E-state index contributed by atoms with van der Waals surface area (Å²) in [5.74, 6) is -1.27. The molecule has 0 radical (unpaired) electrons. The molecular formula is C17H17N3O3S. The lowest BCUT2D eigenvalue weighted by Crippen LogP contribution is -2.32. The molecule has 1 aromatic carbocycles. The maximum atomic E-state index is 12.2. The molecule has 0 spiro atoms. The maximum absolute atomic E-state index is 12.2. The molecule has 1 heterocycles.